The van der Waals surface area contributed by atoms with Crippen LogP contribution in [0.2, 0.25) is 0 Å². The number of hydrogen-bond donors (Lipinski definition) is 3. The number of ether oxygens (including phenoxy) is 1. The Bertz CT molecular complexity index is 283. The molecule has 7 heteroatoms. The van der Waals surface area contributed by atoms with Gasteiger partial charge in [0, 0.05) is 27.3 Å². The van der Waals surface area contributed by atoms with Crippen LogP contribution in [0.4, 0.5) is 4.79 Å². The summed E-state index contributed by atoms with van der Waals surface area (Å²) in [6.07, 6.45) is 0.836. The highest BCUT2D eigenvalue weighted by molar-refractivity contribution is 5.82. The van der Waals surface area contributed by atoms with Crippen molar-refractivity contribution in [2.45, 2.75) is 38.3 Å². The van der Waals surface area contributed by atoms with E-state index >= 15 is 0 Å². The molecule has 3 N–H and O–H groups in total. The minimum absolute atomic E-state index is 0.319. The first-order chi connectivity index (χ1) is 8.88. The Hall–Kier alpha value is -1.34. The molecule has 0 bridgehead atoms. The van der Waals surface area contributed by atoms with Gasteiger partial charge in [0.25, 0.3) is 0 Å². The second kappa shape index (κ2) is 9.57. The first-order valence-corrected chi connectivity index (χ1v) is 6.30. The molecule has 0 aliphatic carbocycles. The highest BCUT2D eigenvalue weighted by Gasteiger charge is 2.21. The summed E-state index contributed by atoms with van der Waals surface area (Å²) in [5.41, 5.74) is 0. The number of carbonyl (C=O) groups is 2. The number of rotatable bonds is 9. The van der Waals surface area contributed by atoms with Crippen molar-refractivity contribution in [1.82, 2.24) is 10.2 Å². The lowest BCUT2D eigenvalue weighted by atomic mass is 10.1. The van der Waals surface area contributed by atoms with Gasteiger partial charge in [0.2, 0.25) is 0 Å². The zero-order chi connectivity index (χ0) is 14.8. The summed E-state index contributed by atoms with van der Waals surface area (Å²) in [5, 5.41) is 20.6. The molecule has 2 amide bonds. The van der Waals surface area contributed by atoms with Gasteiger partial charge in [0.1, 0.15) is 6.04 Å². The molecule has 0 heterocycles. The van der Waals surface area contributed by atoms with Crippen molar-refractivity contribution < 1.29 is 24.5 Å². The lowest BCUT2D eigenvalue weighted by Gasteiger charge is -2.21. The number of aliphatic carboxylic acids is 1. The van der Waals surface area contributed by atoms with Crippen LogP contribution < -0.4 is 5.32 Å². The molecule has 0 rings (SSSR count). The van der Waals surface area contributed by atoms with Crippen LogP contribution in [0, 0.1) is 0 Å². The molecular formula is C12H24N2O5. The fraction of sp³-hybridized carbons (Fsp3) is 0.833. The van der Waals surface area contributed by atoms with Gasteiger partial charge in [-0.25, -0.2) is 9.59 Å². The van der Waals surface area contributed by atoms with Crippen molar-refractivity contribution >= 4 is 12.0 Å². The van der Waals surface area contributed by atoms with Gasteiger partial charge < -0.3 is 25.2 Å². The molecule has 2 atom stereocenters. The molecule has 0 spiro atoms. The van der Waals surface area contributed by atoms with Gasteiger partial charge in [0.15, 0.2) is 0 Å². The van der Waals surface area contributed by atoms with Gasteiger partial charge in [-0.1, -0.05) is 0 Å². The molecule has 0 radical (unpaired) electrons. The van der Waals surface area contributed by atoms with E-state index < -0.39 is 24.1 Å². The molecule has 112 valence electrons. The summed E-state index contributed by atoms with van der Waals surface area (Å²) in [6.45, 7) is 2.46. The molecule has 0 saturated carbocycles. The van der Waals surface area contributed by atoms with Gasteiger partial charge in [-0.15, -0.1) is 0 Å². The topological polar surface area (TPSA) is 99.1 Å². The van der Waals surface area contributed by atoms with Gasteiger partial charge in [-0.3, -0.25) is 0 Å². The fourth-order valence-corrected chi connectivity index (χ4v) is 1.43. The molecule has 0 aromatic carbocycles. The summed E-state index contributed by atoms with van der Waals surface area (Å²) in [4.78, 5) is 24.1. The van der Waals surface area contributed by atoms with Crippen molar-refractivity contribution in [2.75, 3.05) is 27.3 Å². The largest absolute Gasteiger partial charge is 0.480 e. The molecule has 0 fully saturated rings. The van der Waals surface area contributed by atoms with Crippen molar-refractivity contribution in [1.29, 1.82) is 0 Å². The molecule has 0 aliphatic rings. The predicted octanol–water partition coefficient (Wildman–Crippen LogP) is 0.279. The van der Waals surface area contributed by atoms with E-state index in [9.17, 15) is 9.59 Å². The third kappa shape index (κ3) is 8.39. The lowest BCUT2D eigenvalue weighted by molar-refractivity contribution is -0.139. The summed E-state index contributed by atoms with van der Waals surface area (Å²) >= 11 is 0. The maximum atomic E-state index is 11.7. The second-order valence-electron chi connectivity index (χ2n) is 4.53. The van der Waals surface area contributed by atoms with Crippen molar-refractivity contribution in [3.63, 3.8) is 0 Å². The van der Waals surface area contributed by atoms with E-state index in [4.69, 9.17) is 14.9 Å². The van der Waals surface area contributed by atoms with Crippen LogP contribution >= 0.6 is 0 Å². The van der Waals surface area contributed by atoms with Gasteiger partial charge in [0.05, 0.1) is 6.10 Å². The SMILES string of the molecule is COCCCC(NC(=O)N(C)CCC(C)O)C(=O)O. The Balaban J connectivity index is 4.18. The molecule has 0 aromatic rings. The van der Waals surface area contributed by atoms with Crippen LogP contribution in [0.25, 0.3) is 0 Å². The average molecular weight is 276 g/mol. The Kier molecular flexibility index (Phi) is 8.90. The highest BCUT2D eigenvalue weighted by atomic mass is 16.5. The maximum absolute atomic E-state index is 11.7. The first-order valence-electron chi connectivity index (χ1n) is 6.30. The fourth-order valence-electron chi connectivity index (χ4n) is 1.43. The van der Waals surface area contributed by atoms with Crippen molar-refractivity contribution in [2.24, 2.45) is 0 Å². The zero-order valence-corrected chi connectivity index (χ0v) is 11.8. The summed E-state index contributed by atoms with van der Waals surface area (Å²) in [5.74, 6) is -1.06. The van der Waals surface area contributed by atoms with Crippen molar-refractivity contribution in [3.8, 4) is 0 Å². The number of methoxy groups -OCH3 is 1. The Morgan fingerprint density at radius 1 is 1.37 bits per heavy atom. The molecular weight excluding hydrogens is 252 g/mol. The first kappa shape index (κ1) is 17.7. The smallest absolute Gasteiger partial charge is 0.326 e. The molecule has 0 aromatic heterocycles. The number of aliphatic hydroxyl groups is 1. The third-order valence-corrected chi connectivity index (χ3v) is 2.67. The minimum atomic E-state index is -1.06. The maximum Gasteiger partial charge on any atom is 0.326 e. The van der Waals surface area contributed by atoms with E-state index in [0.717, 1.165) is 0 Å². The minimum Gasteiger partial charge on any atom is -0.480 e. The standard InChI is InChI=1S/C12H24N2O5/c1-9(15)6-7-14(2)12(18)13-10(11(16)17)5-4-8-19-3/h9-10,15H,4-8H2,1-3H3,(H,13,18)(H,16,17). The summed E-state index contributed by atoms with van der Waals surface area (Å²) < 4.78 is 4.85. The van der Waals surface area contributed by atoms with Crippen LogP contribution in [0.5, 0.6) is 0 Å². The number of carboxylic acid groups (broad SMARTS) is 1. The molecule has 7 nitrogen and oxygen atoms in total. The highest BCUT2D eigenvalue weighted by Crippen LogP contribution is 2.00. The van der Waals surface area contributed by atoms with Crippen LogP contribution in [-0.2, 0) is 9.53 Å². The van der Waals surface area contributed by atoms with Crippen molar-refractivity contribution in [3.05, 3.63) is 0 Å². The second-order valence-corrected chi connectivity index (χ2v) is 4.53. The molecule has 0 aliphatic heterocycles. The van der Waals surface area contributed by atoms with E-state index in [1.165, 1.54) is 12.0 Å². The number of nitrogens with one attached hydrogen (secondary N) is 1. The van der Waals surface area contributed by atoms with Gasteiger partial charge in [-0.2, -0.15) is 0 Å². The van der Waals surface area contributed by atoms with E-state index in [-0.39, 0.29) is 0 Å². The van der Waals surface area contributed by atoms with E-state index in [2.05, 4.69) is 5.32 Å². The predicted molar refractivity (Wildman–Crippen MR) is 70.0 cm³/mol. The van der Waals surface area contributed by atoms with Gasteiger partial charge in [-0.05, 0) is 26.2 Å². The normalized spacial score (nSPS) is 13.7. The Morgan fingerprint density at radius 2 is 2.00 bits per heavy atom. The number of carboxylic acids is 1. The number of carbonyl (C=O) groups excluding carboxylic acids is 1. The quantitative estimate of drug-likeness (QED) is 0.525. The zero-order valence-electron chi connectivity index (χ0n) is 11.8. The van der Waals surface area contributed by atoms with E-state index in [1.54, 1.807) is 14.0 Å². The average Bonchev–Trinajstić information content (AvgIpc) is 2.34. The van der Waals surface area contributed by atoms with Crippen LogP contribution in [0.1, 0.15) is 26.2 Å². The Morgan fingerprint density at radius 3 is 2.47 bits per heavy atom. The van der Waals surface area contributed by atoms with Gasteiger partial charge >= 0.3 is 12.0 Å². The lowest BCUT2D eigenvalue weighted by Crippen LogP contribution is -2.47. The number of urea groups is 1. The molecule has 0 saturated heterocycles. The van der Waals surface area contributed by atoms with Crippen LogP contribution in [-0.4, -0.2) is 66.6 Å². The number of amides is 2. The summed E-state index contributed by atoms with van der Waals surface area (Å²) in [6, 6.07) is -1.37. The Labute approximate surface area is 113 Å². The van der Waals surface area contributed by atoms with E-state index in [1.807, 2.05) is 0 Å². The third-order valence-electron chi connectivity index (χ3n) is 2.67. The molecule has 2 unspecified atom stereocenters. The monoisotopic (exact) mass is 276 g/mol. The van der Waals surface area contributed by atoms with E-state index in [0.29, 0.717) is 32.4 Å². The number of hydrogen-bond acceptors (Lipinski definition) is 4. The molecule has 19 heavy (non-hydrogen) atoms. The van der Waals surface area contributed by atoms with Crippen LogP contribution in [0.15, 0.2) is 0 Å². The van der Waals surface area contributed by atoms with Crippen LogP contribution in [0.3, 0.4) is 0 Å². The number of nitrogens with zero attached hydrogens (tertiary/aromatic N) is 1. The number of aliphatic hydroxyl groups excluding tert-OH is 1. The summed E-state index contributed by atoms with van der Waals surface area (Å²) in [7, 11) is 3.10.